The maximum atomic E-state index is 13.5. The Morgan fingerprint density at radius 3 is 2.45 bits per heavy atom. The van der Waals surface area contributed by atoms with Gasteiger partial charge in [0.1, 0.15) is 13.2 Å². The Morgan fingerprint density at radius 2 is 1.71 bits per heavy atom. The van der Waals surface area contributed by atoms with E-state index in [1.54, 1.807) is 12.1 Å². The van der Waals surface area contributed by atoms with Crippen LogP contribution in [0.1, 0.15) is 48.2 Å². The van der Waals surface area contributed by atoms with Crippen LogP contribution in [-0.4, -0.2) is 58.5 Å². The maximum Gasteiger partial charge on any atom is 0.335 e. The van der Waals surface area contributed by atoms with Gasteiger partial charge in [0.15, 0.2) is 11.5 Å². The second-order valence-corrected chi connectivity index (χ2v) is 12.3. The number of benzene rings is 4. The van der Waals surface area contributed by atoms with Crippen LogP contribution in [-0.2, 0) is 10.2 Å². The number of likely N-dealkylation sites (N-methyl/N-ethyl adjacent to an activating group) is 1. The van der Waals surface area contributed by atoms with Crippen LogP contribution in [0, 0.1) is 0 Å². The molecule has 2 N–H and O–H groups in total. The van der Waals surface area contributed by atoms with Crippen molar-refractivity contribution in [1.29, 1.82) is 0 Å². The fraction of sp³-hybridized carbons (Fsp3) is 0.250. The maximum absolute atomic E-state index is 13.5. The van der Waals surface area contributed by atoms with E-state index in [2.05, 4.69) is 60.6 Å². The van der Waals surface area contributed by atoms with Crippen molar-refractivity contribution in [3.63, 3.8) is 0 Å². The van der Waals surface area contributed by atoms with Crippen molar-refractivity contribution >= 4 is 50.4 Å². The van der Waals surface area contributed by atoms with Crippen molar-refractivity contribution in [2.75, 3.05) is 19.0 Å². The Hall–Kier alpha value is -4.55. The van der Waals surface area contributed by atoms with Crippen LogP contribution in [0.3, 0.4) is 0 Å². The van der Waals surface area contributed by atoms with Crippen molar-refractivity contribution in [2.45, 2.75) is 44.2 Å². The van der Waals surface area contributed by atoms with E-state index in [4.69, 9.17) is 0 Å². The molecule has 4 aromatic carbocycles. The van der Waals surface area contributed by atoms with E-state index in [0.29, 0.717) is 11.1 Å². The van der Waals surface area contributed by atoms with Crippen molar-refractivity contribution in [3.05, 3.63) is 107 Å². The number of fused-ring (bicyclic) bond motifs is 6. The molecular formula is C36H33N2O4+. The molecule has 7 rings (SSSR count). The number of hydrogen-bond acceptors (Lipinski definition) is 4. The summed E-state index contributed by atoms with van der Waals surface area (Å²) >= 11 is 0. The number of aliphatic hydroxyl groups is 1. The van der Waals surface area contributed by atoms with Gasteiger partial charge in [0.2, 0.25) is 5.69 Å². The van der Waals surface area contributed by atoms with Gasteiger partial charge in [0, 0.05) is 47.5 Å². The van der Waals surface area contributed by atoms with Crippen LogP contribution in [0.4, 0.5) is 11.4 Å². The van der Waals surface area contributed by atoms with Gasteiger partial charge in [-0.3, -0.25) is 4.79 Å². The summed E-state index contributed by atoms with van der Waals surface area (Å²) in [5.41, 5.74) is 6.27. The number of carboxylic acid groups (broad SMARTS) is 1. The van der Waals surface area contributed by atoms with Crippen molar-refractivity contribution in [1.82, 2.24) is 0 Å². The van der Waals surface area contributed by atoms with Gasteiger partial charge in [-0.1, -0.05) is 49.4 Å². The molecule has 6 nitrogen and oxygen atoms in total. The molecule has 4 aromatic rings. The molecular weight excluding hydrogens is 524 g/mol. The molecule has 42 heavy (non-hydrogen) atoms. The summed E-state index contributed by atoms with van der Waals surface area (Å²) < 4.78 is 2.14. The van der Waals surface area contributed by atoms with Crippen molar-refractivity contribution in [3.8, 4) is 0 Å². The van der Waals surface area contributed by atoms with Crippen molar-refractivity contribution < 1.29 is 24.4 Å². The molecule has 3 aliphatic rings. The Balaban J connectivity index is 1.21. The first-order valence-electron chi connectivity index (χ1n) is 14.3. The highest BCUT2D eigenvalue weighted by Gasteiger charge is 2.48. The molecule has 2 heterocycles. The van der Waals surface area contributed by atoms with Gasteiger partial charge in [0.05, 0.1) is 17.0 Å². The zero-order valence-corrected chi connectivity index (χ0v) is 24.3. The number of Topliss-reactive ketones (excluding diaryl/α,β-unsaturated/α-hetero) is 1. The van der Waals surface area contributed by atoms with Crippen LogP contribution >= 0.6 is 0 Å². The topological polar surface area (TPSA) is 80.8 Å². The molecule has 1 aliphatic carbocycles. The number of rotatable bonds is 3. The van der Waals surface area contributed by atoms with E-state index < -0.39 is 12.1 Å². The van der Waals surface area contributed by atoms with E-state index in [0.717, 1.165) is 33.4 Å². The quantitative estimate of drug-likeness (QED) is 0.235. The van der Waals surface area contributed by atoms with E-state index in [9.17, 15) is 19.8 Å². The molecule has 0 spiro atoms. The number of allylic oxidation sites excluding steroid dienone is 1. The zero-order valence-electron chi connectivity index (χ0n) is 24.3. The molecule has 0 radical (unpaired) electrons. The van der Waals surface area contributed by atoms with Gasteiger partial charge in [-0.2, -0.15) is 4.58 Å². The summed E-state index contributed by atoms with van der Waals surface area (Å²) in [4.78, 5) is 27.2. The zero-order chi connectivity index (χ0) is 29.7. The predicted octanol–water partition coefficient (Wildman–Crippen LogP) is 6.12. The largest absolute Gasteiger partial charge is 0.478 e. The SMILES string of the molecule is CC1c2c(ccc3cc(C(=O)O)ccc23)N(C)C1C=C1C(=O)C(=CC2=[N+](C)c3ccc4ccccc4c3C2(C)C)C1O. The summed E-state index contributed by atoms with van der Waals surface area (Å²) in [7, 11) is 4.03. The molecule has 0 aromatic heterocycles. The van der Waals surface area contributed by atoms with E-state index in [-0.39, 0.29) is 28.7 Å². The van der Waals surface area contributed by atoms with Gasteiger partial charge in [-0.05, 0) is 65.2 Å². The standard InChI is InChI=1S/C36H32N2O4/c1-19-29(37(4)27-14-12-21-16-22(35(41)42)10-13-23(21)31(19)27)17-25-33(39)26(34(25)40)18-30-36(2,3)32-24-9-7-6-8-20(24)11-15-28(32)38(30)5/h6-19,29,33,39H,1-5H3/p+1. The molecule has 0 bridgehead atoms. The number of nitrogens with zero attached hydrogens (tertiary/aromatic N) is 2. The van der Waals surface area contributed by atoms with Crippen LogP contribution in [0.2, 0.25) is 0 Å². The van der Waals surface area contributed by atoms with Gasteiger partial charge in [0.25, 0.3) is 0 Å². The number of aliphatic hydroxyl groups excluding tert-OH is 1. The second kappa shape index (κ2) is 8.97. The number of ketones is 1. The van der Waals surface area contributed by atoms with Gasteiger partial charge in [-0.15, -0.1) is 0 Å². The Kier molecular flexibility index (Phi) is 5.63. The first-order chi connectivity index (χ1) is 20.0. The number of carbonyl (C=O) groups is 2. The lowest BCUT2D eigenvalue weighted by molar-refractivity contribution is -0.401. The van der Waals surface area contributed by atoms with Crippen molar-refractivity contribution in [2.24, 2.45) is 0 Å². The summed E-state index contributed by atoms with van der Waals surface area (Å²) in [6, 6.07) is 21.7. The Bertz CT molecular complexity index is 1980. The fourth-order valence-corrected chi connectivity index (χ4v) is 7.48. The molecule has 0 amide bonds. The lowest BCUT2D eigenvalue weighted by atomic mass is 9.74. The number of carbonyl (C=O) groups excluding carboxylic acids is 1. The third kappa shape index (κ3) is 3.51. The molecule has 3 unspecified atom stereocenters. The summed E-state index contributed by atoms with van der Waals surface area (Å²) in [5, 5.41) is 25.0. The summed E-state index contributed by atoms with van der Waals surface area (Å²) in [5.74, 6) is -1.02. The van der Waals surface area contributed by atoms with Crippen LogP contribution in [0.5, 0.6) is 0 Å². The monoisotopic (exact) mass is 557 g/mol. The van der Waals surface area contributed by atoms with Crippen LogP contribution in [0.15, 0.2) is 90.0 Å². The summed E-state index contributed by atoms with van der Waals surface area (Å²) in [6.45, 7) is 6.47. The minimum Gasteiger partial charge on any atom is -0.478 e. The minimum atomic E-state index is -0.950. The second-order valence-electron chi connectivity index (χ2n) is 12.3. The third-order valence-electron chi connectivity index (χ3n) is 9.73. The molecule has 1 saturated carbocycles. The molecule has 3 atom stereocenters. The first kappa shape index (κ1) is 26.4. The van der Waals surface area contributed by atoms with Crippen LogP contribution < -0.4 is 4.90 Å². The van der Waals surface area contributed by atoms with Gasteiger partial charge >= 0.3 is 5.97 Å². The molecule has 2 aliphatic heterocycles. The van der Waals surface area contributed by atoms with E-state index in [1.807, 2.05) is 50.5 Å². The average molecular weight is 558 g/mol. The normalized spacial score (nSPS) is 24.6. The molecule has 6 heteroatoms. The van der Waals surface area contributed by atoms with E-state index in [1.165, 1.54) is 16.3 Å². The highest BCUT2D eigenvalue weighted by Crippen LogP contribution is 2.47. The molecule has 0 saturated heterocycles. The Morgan fingerprint density at radius 1 is 0.976 bits per heavy atom. The smallest absolute Gasteiger partial charge is 0.335 e. The van der Waals surface area contributed by atoms with Gasteiger partial charge < -0.3 is 15.1 Å². The molecule has 1 fully saturated rings. The van der Waals surface area contributed by atoms with Gasteiger partial charge in [-0.25, -0.2) is 4.79 Å². The number of anilines is 1. The fourth-order valence-electron chi connectivity index (χ4n) is 7.48. The predicted molar refractivity (Wildman–Crippen MR) is 167 cm³/mol. The lowest BCUT2D eigenvalue weighted by Crippen LogP contribution is -2.41. The average Bonchev–Trinajstić information content (AvgIpc) is 3.34. The number of hydrogen-bond donors (Lipinski definition) is 2. The Labute approximate surface area is 244 Å². The number of aromatic carboxylic acids is 1. The minimum absolute atomic E-state index is 0.0435. The lowest BCUT2D eigenvalue weighted by Gasteiger charge is -2.31. The number of carboxylic acids is 1. The summed E-state index contributed by atoms with van der Waals surface area (Å²) in [6.07, 6.45) is 2.86. The first-order valence-corrected chi connectivity index (χ1v) is 14.3. The van der Waals surface area contributed by atoms with E-state index >= 15 is 0 Å². The van der Waals surface area contributed by atoms with Crippen LogP contribution in [0.25, 0.3) is 21.5 Å². The third-order valence-corrected chi connectivity index (χ3v) is 9.73. The molecule has 210 valence electrons. The highest BCUT2D eigenvalue weighted by molar-refractivity contribution is 6.22. The highest BCUT2D eigenvalue weighted by atomic mass is 16.4.